The summed E-state index contributed by atoms with van der Waals surface area (Å²) < 4.78 is 85.1. The Labute approximate surface area is 231 Å². The number of anilines is 1. The Morgan fingerprint density at radius 2 is 1.15 bits per heavy atom. The highest BCUT2D eigenvalue weighted by atomic mass is 32.2. The zero-order valence-electron chi connectivity index (χ0n) is 21.1. The first kappa shape index (κ1) is 28.9. The van der Waals surface area contributed by atoms with Gasteiger partial charge in [-0.3, -0.25) is 4.79 Å². The van der Waals surface area contributed by atoms with Crippen molar-refractivity contribution in [3.8, 4) is 5.75 Å². The molecule has 0 aliphatic carbocycles. The van der Waals surface area contributed by atoms with Crippen molar-refractivity contribution < 1.29 is 34.6 Å². The molecule has 0 atom stereocenters. The molecule has 0 saturated carbocycles. The lowest BCUT2D eigenvalue weighted by atomic mass is 10.2. The lowest BCUT2D eigenvalue weighted by Crippen LogP contribution is -2.30. The number of amides is 1. The van der Waals surface area contributed by atoms with Crippen LogP contribution in [-0.4, -0.2) is 27.0 Å². The SMILES string of the molecule is CC(=O)Nc1ccc(S(=O)(=O)N(Cc2ccc(F)cc2)Cc2ccc(OS(=O)(=O)c3ccc(F)cc3)cc2)cc1. The third kappa shape index (κ3) is 7.29. The monoisotopic (exact) mass is 586 g/mol. The standard InChI is InChI=1S/C28H24F2N2O6S2/c1-20(33)31-25-10-16-27(17-11-25)39(34,35)32(18-21-2-6-23(29)7-3-21)19-22-4-12-26(13-5-22)38-40(36,37)28-14-8-24(30)9-15-28/h2-17H,18-19H2,1H3,(H,31,33). The van der Waals surface area contributed by atoms with Crippen LogP contribution in [0.5, 0.6) is 5.75 Å². The van der Waals surface area contributed by atoms with Crippen molar-refractivity contribution in [2.75, 3.05) is 5.32 Å². The summed E-state index contributed by atoms with van der Waals surface area (Å²) in [5.74, 6) is -1.37. The van der Waals surface area contributed by atoms with E-state index in [0.29, 0.717) is 16.8 Å². The van der Waals surface area contributed by atoms with Gasteiger partial charge in [0, 0.05) is 25.7 Å². The van der Waals surface area contributed by atoms with Gasteiger partial charge in [-0.15, -0.1) is 0 Å². The van der Waals surface area contributed by atoms with E-state index >= 15 is 0 Å². The second-order valence-electron chi connectivity index (χ2n) is 8.74. The van der Waals surface area contributed by atoms with E-state index in [-0.39, 0.29) is 34.5 Å². The van der Waals surface area contributed by atoms with Gasteiger partial charge < -0.3 is 9.50 Å². The van der Waals surface area contributed by atoms with Crippen molar-refractivity contribution >= 4 is 31.7 Å². The van der Waals surface area contributed by atoms with Crippen LogP contribution in [0.25, 0.3) is 0 Å². The summed E-state index contributed by atoms with van der Waals surface area (Å²) in [6.45, 7) is 1.16. The van der Waals surface area contributed by atoms with Gasteiger partial charge >= 0.3 is 10.1 Å². The largest absolute Gasteiger partial charge is 0.379 e. The van der Waals surface area contributed by atoms with E-state index in [1.165, 1.54) is 84.0 Å². The Morgan fingerprint density at radius 3 is 1.65 bits per heavy atom. The van der Waals surface area contributed by atoms with Crippen LogP contribution in [0.4, 0.5) is 14.5 Å². The maximum atomic E-state index is 13.6. The molecule has 0 radical (unpaired) electrons. The number of carbonyl (C=O) groups excluding carboxylic acids is 1. The normalized spacial score (nSPS) is 11.8. The number of benzene rings is 4. The van der Waals surface area contributed by atoms with Gasteiger partial charge in [0.15, 0.2) is 0 Å². The first-order valence-electron chi connectivity index (χ1n) is 11.8. The van der Waals surface area contributed by atoms with Gasteiger partial charge in [0.25, 0.3) is 0 Å². The summed E-state index contributed by atoms with van der Waals surface area (Å²) in [4.78, 5) is 11.1. The van der Waals surface area contributed by atoms with E-state index < -0.39 is 31.8 Å². The average molecular weight is 587 g/mol. The average Bonchev–Trinajstić information content (AvgIpc) is 2.90. The molecule has 4 rings (SSSR count). The molecule has 0 aliphatic heterocycles. The van der Waals surface area contributed by atoms with Gasteiger partial charge in [0.1, 0.15) is 22.3 Å². The Morgan fingerprint density at radius 1 is 0.700 bits per heavy atom. The van der Waals surface area contributed by atoms with Gasteiger partial charge in [-0.05, 0) is 83.9 Å². The molecular formula is C28H24F2N2O6S2. The Bertz CT molecular complexity index is 1690. The van der Waals surface area contributed by atoms with Gasteiger partial charge in [-0.2, -0.15) is 12.7 Å². The molecule has 0 aliphatic rings. The fourth-order valence-corrected chi connectivity index (χ4v) is 6.06. The maximum absolute atomic E-state index is 13.6. The summed E-state index contributed by atoms with van der Waals surface area (Å²) in [6.07, 6.45) is 0. The van der Waals surface area contributed by atoms with E-state index in [1.807, 2.05) is 0 Å². The van der Waals surface area contributed by atoms with Crippen LogP contribution < -0.4 is 9.50 Å². The third-order valence-electron chi connectivity index (χ3n) is 5.68. The number of nitrogens with one attached hydrogen (secondary N) is 1. The Hall–Kier alpha value is -4.13. The first-order chi connectivity index (χ1) is 18.9. The molecule has 12 heteroatoms. The molecule has 0 spiro atoms. The highest BCUT2D eigenvalue weighted by Crippen LogP contribution is 2.25. The molecule has 8 nitrogen and oxygen atoms in total. The zero-order chi connectivity index (χ0) is 28.9. The third-order valence-corrected chi connectivity index (χ3v) is 8.74. The van der Waals surface area contributed by atoms with Crippen molar-refractivity contribution in [3.63, 3.8) is 0 Å². The second-order valence-corrected chi connectivity index (χ2v) is 12.2. The molecule has 4 aromatic carbocycles. The molecule has 1 amide bonds. The molecule has 0 heterocycles. The number of hydrogen-bond donors (Lipinski definition) is 1. The first-order valence-corrected chi connectivity index (χ1v) is 14.7. The molecule has 0 aromatic heterocycles. The van der Waals surface area contributed by atoms with Crippen molar-refractivity contribution in [1.29, 1.82) is 0 Å². The van der Waals surface area contributed by atoms with E-state index in [4.69, 9.17) is 4.18 Å². The minimum Gasteiger partial charge on any atom is -0.379 e. The fourth-order valence-electron chi connectivity index (χ4n) is 3.71. The number of carbonyl (C=O) groups is 1. The van der Waals surface area contributed by atoms with Gasteiger partial charge in [-0.1, -0.05) is 24.3 Å². The molecule has 0 fully saturated rings. The molecule has 208 valence electrons. The van der Waals surface area contributed by atoms with Crippen LogP contribution in [0.15, 0.2) is 107 Å². The van der Waals surface area contributed by atoms with Crippen LogP contribution in [0, 0.1) is 11.6 Å². The quantitative estimate of drug-likeness (QED) is 0.260. The van der Waals surface area contributed by atoms with Crippen LogP contribution in [0.3, 0.4) is 0 Å². The highest BCUT2D eigenvalue weighted by molar-refractivity contribution is 7.89. The number of hydrogen-bond acceptors (Lipinski definition) is 6. The lowest BCUT2D eigenvalue weighted by Gasteiger charge is -2.23. The van der Waals surface area contributed by atoms with E-state index in [1.54, 1.807) is 0 Å². The van der Waals surface area contributed by atoms with Crippen LogP contribution in [-0.2, 0) is 38.0 Å². The summed E-state index contributed by atoms with van der Waals surface area (Å²) >= 11 is 0. The lowest BCUT2D eigenvalue weighted by molar-refractivity contribution is -0.114. The summed E-state index contributed by atoms with van der Waals surface area (Å²) in [5, 5.41) is 2.58. The molecule has 0 bridgehead atoms. The number of nitrogens with zero attached hydrogens (tertiary/aromatic N) is 1. The van der Waals surface area contributed by atoms with Crippen molar-refractivity contribution in [2.24, 2.45) is 0 Å². The van der Waals surface area contributed by atoms with Crippen molar-refractivity contribution in [1.82, 2.24) is 4.31 Å². The predicted octanol–water partition coefficient (Wildman–Crippen LogP) is 5.08. The molecule has 40 heavy (non-hydrogen) atoms. The number of sulfonamides is 1. The Kier molecular flexibility index (Phi) is 8.62. The molecule has 4 aromatic rings. The second kappa shape index (κ2) is 11.9. The smallest absolute Gasteiger partial charge is 0.339 e. The highest BCUT2D eigenvalue weighted by Gasteiger charge is 2.25. The zero-order valence-corrected chi connectivity index (χ0v) is 22.8. The number of rotatable bonds is 10. The van der Waals surface area contributed by atoms with Crippen LogP contribution in [0.1, 0.15) is 18.1 Å². The Balaban J connectivity index is 1.58. The van der Waals surface area contributed by atoms with E-state index in [0.717, 1.165) is 24.3 Å². The molecular weight excluding hydrogens is 562 g/mol. The maximum Gasteiger partial charge on any atom is 0.339 e. The van der Waals surface area contributed by atoms with Crippen LogP contribution in [0.2, 0.25) is 0 Å². The minimum absolute atomic E-state index is 0.0189. The molecule has 0 saturated heterocycles. The summed E-state index contributed by atoms with van der Waals surface area (Å²) in [5.41, 5.74) is 1.50. The summed E-state index contributed by atoms with van der Waals surface area (Å²) in [6, 6.07) is 21.1. The van der Waals surface area contributed by atoms with Crippen LogP contribution >= 0.6 is 0 Å². The fraction of sp³-hybridized carbons (Fsp3) is 0.107. The van der Waals surface area contributed by atoms with Crippen molar-refractivity contribution in [3.05, 3.63) is 120 Å². The number of halogens is 2. The van der Waals surface area contributed by atoms with Gasteiger partial charge in [0.2, 0.25) is 15.9 Å². The summed E-state index contributed by atoms with van der Waals surface area (Å²) in [7, 11) is -8.27. The van der Waals surface area contributed by atoms with E-state index in [9.17, 15) is 30.4 Å². The molecule has 1 N–H and O–H groups in total. The topological polar surface area (TPSA) is 110 Å². The van der Waals surface area contributed by atoms with Crippen molar-refractivity contribution in [2.45, 2.75) is 29.8 Å². The molecule has 0 unspecified atom stereocenters. The predicted molar refractivity (Wildman–Crippen MR) is 144 cm³/mol. The minimum atomic E-state index is -4.21. The van der Waals surface area contributed by atoms with E-state index in [2.05, 4.69) is 5.32 Å². The van der Waals surface area contributed by atoms with Gasteiger partial charge in [0.05, 0.1) is 4.90 Å². The van der Waals surface area contributed by atoms with Gasteiger partial charge in [-0.25, -0.2) is 17.2 Å².